The van der Waals surface area contributed by atoms with Gasteiger partial charge in [-0.15, -0.1) is 0 Å². The van der Waals surface area contributed by atoms with Gasteiger partial charge in [-0.25, -0.2) is 0 Å². The molecule has 0 unspecified atom stereocenters. The van der Waals surface area contributed by atoms with Crippen LogP contribution in [0.1, 0.15) is 0 Å². The number of rotatable bonds is 8. The van der Waals surface area contributed by atoms with Crippen molar-refractivity contribution in [3.05, 3.63) is 279 Å². The van der Waals surface area contributed by atoms with Crippen molar-refractivity contribution in [2.45, 2.75) is 0 Å². The maximum Gasteiger partial charge on any atom is 0.171 e. The van der Waals surface area contributed by atoms with E-state index in [9.17, 15) is 0 Å². The summed E-state index contributed by atoms with van der Waals surface area (Å²) >= 11 is 0. The smallest absolute Gasteiger partial charge is 0.171 e. The van der Waals surface area contributed by atoms with Gasteiger partial charge in [0.1, 0.15) is 11.2 Å². The van der Waals surface area contributed by atoms with Crippen LogP contribution in [0.5, 0.6) is 0 Å². The summed E-state index contributed by atoms with van der Waals surface area (Å²) in [7, 11) is -6.34. The lowest BCUT2D eigenvalue weighted by Gasteiger charge is -2.20. The van der Waals surface area contributed by atoms with Gasteiger partial charge in [0.15, 0.2) is 14.3 Å². The first kappa shape index (κ1) is 44.2. The first-order valence-corrected chi connectivity index (χ1v) is 27.9. The molecule has 0 saturated carbocycles. The van der Waals surface area contributed by atoms with E-state index in [1.807, 2.05) is 158 Å². The highest BCUT2D eigenvalue weighted by Crippen LogP contribution is 2.46. The van der Waals surface area contributed by atoms with E-state index in [1.165, 1.54) is 55.0 Å². The van der Waals surface area contributed by atoms with Crippen molar-refractivity contribution >= 4 is 112 Å². The monoisotopic (exact) mass is 976 g/mol. The molecule has 11 aromatic carbocycles. The SMILES string of the molecule is O=P(c1ccccc1)(c1ccccc1)c1ccc2oc3ccc(P(=O)(c4ccccc4)c4ccccc4)cc3c2c1.c1cc(-n2c3ccccc3c3ccccc32)cc(-n2c3ccccc3c3ccccc32)c1. The highest BCUT2D eigenvalue weighted by Gasteiger charge is 2.32. The quantitative estimate of drug-likeness (QED) is 0.143. The van der Waals surface area contributed by atoms with Crippen LogP contribution in [0, 0.1) is 0 Å². The van der Waals surface area contributed by atoms with Gasteiger partial charge in [-0.05, 0) is 78.9 Å². The number of para-hydroxylation sites is 4. The van der Waals surface area contributed by atoms with Crippen LogP contribution in [-0.4, -0.2) is 9.13 Å². The molecule has 0 spiro atoms. The number of nitrogens with zero attached hydrogens (tertiary/aromatic N) is 2. The molecule has 73 heavy (non-hydrogen) atoms. The van der Waals surface area contributed by atoms with Gasteiger partial charge in [-0.3, -0.25) is 0 Å². The zero-order chi connectivity index (χ0) is 48.9. The van der Waals surface area contributed by atoms with Crippen LogP contribution < -0.4 is 31.8 Å². The van der Waals surface area contributed by atoms with Gasteiger partial charge in [0.25, 0.3) is 0 Å². The molecule has 348 valence electrons. The molecule has 0 aliphatic heterocycles. The Balaban J connectivity index is 0.000000145. The van der Waals surface area contributed by atoms with Crippen LogP contribution in [-0.2, 0) is 9.13 Å². The minimum absolute atomic E-state index is 0.697. The Hall–Kier alpha value is -8.72. The second-order valence-electron chi connectivity index (χ2n) is 18.3. The molecule has 0 aliphatic rings. The molecule has 14 aromatic rings. The molecular weight excluding hydrogens is 931 g/mol. The summed E-state index contributed by atoms with van der Waals surface area (Å²) in [4.78, 5) is 0. The lowest BCUT2D eigenvalue weighted by Crippen LogP contribution is -2.25. The third-order valence-electron chi connectivity index (χ3n) is 14.1. The van der Waals surface area contributed by atoms with Gasteiger partial charge in [-0.1, -0.05) is 200 Å². The van der Waals surface area contributed by atoms with Crippen molar-refractivity contribution in [2.24, 2.45) is 0 Å². The third-order valence-corrected chi connectivity index (χ3v) is 20.3. The second-order valence-corrected chi connectivity index (χ2v) is 23.8. The van der Waals surface area contributed by atoms with E-state index in [4.69, 9.17) is 4.42 Å². The lowest BCUT2D eigenvalue weighted by molar-refractivity contribution is 0.591. The molecule has 5 nitrogen and oxygen atoms in total. The van der Waals surface area contributed by atoms with E-state index in [1.54, 1.807) is 0 Å². The van der Waals surface area contributed by atoms with Gasteiger partial charge >= 0.3 is 0 Å². The zero-order valence-corrected chi connectivity index (χ0v) is 41.4. The molecule has 0 amide bonds. The van der Waals surface area contributed by atoms with E-state index < -0.39 is 14.3 Å². The van der Waals surface area contributed by atoms with Crippen molar-refractivity contribution in [1.29, 1.82) is 0 Å². The highest BCUT2D eigenvalue weighted by molar-refractivity contribution is 7.85. The van der Waals surface area contributed by atoms with Crippen molar-refractivity contribution in [3.63, 3.8) is 0 Å². The number of benzene rings is 11. The van der Waals surface area contributed by atoms with E-state index in [-0.39, 0.29) is 0 Å². The maximum absolute atomic E-state index is 15.0. The Labute approximate surface area is 422 Å². The predicted octanol–water partition coefficient (Wildman–Crippen LogP) is 14.7. The number of aromatic nitrogens is 2. The summed E-state index contributed by atoms with van der Waals surface area (Å²) < 4.78 is 41.1. The molecule has 0 bridgehead atoms. The first-order valence-electron chi connectivity index (χ1n) is 24.5. The molecule has 7 heteroatoms. The fourth-order valence-corrected chi connectivity index (χ4v) is 16.1. The number of fused-ring (bicyclic) bond motifs is 9. The van der Waals surface area contributed by atoms with Gasteiger partial charge in [-0.2, -0.15) is 0 Å². The van der Waals surface area contributed by atoms with E-state index >= 15 is 9.13 Å². The molecular formula is C66H46N2O3P2. The summed E-state index contributed by atoms with van der Waals surface area (Å²) in [5, 5.41) is 11.4. The largest absolute Gasteiger partial charge is 0.456 e. The molecule has 0 saturated heterocycles. The van der Waals surface area contributed by atoms with Gasteiger partial charge in [0, 0.05) is 75.5 Å². The zero-order valence-electron chi connectivity index (χ0n) is 39.6. The standard InChI is InChI=1S/C36H26O3P2.C30H20N2/c37-40(27-13-5-1-6-14-27,28-15-7-2-8-16-28)31-21-23-35-33(25-31)34-26-32(22-24-36(34)39-35)41(38,29-17-9-3-10-18-29)30-19-11-4-12-20-30;1-5-16-27-23(12-1)24-13-2-6-17-28(24)31(27)21-10-9-11-22(20-21)32-29-18-7-3-14-25(29)26-15-4-8-19-30(26)32/h1-26H;1-20H. The molecule has 0 atom stereocenters. The minimum Gasteiger partial charge on any atom is -0.456 e. The first-order chi connectivity index (χ1) is 36.0. The molecule has 0 aliphatic carbocycles. The summed E-state index contributed by atoms with van der Waals surface area (Å²) in [6, 6.07) is 93.7. The normalized spacial score (nSPS) is 11.9. The number of hydrogen-bond donors (Lipinski definition) is 0. The van der Waals surface area contributed by atoms with Gasteiger partial charge in [0.2, 0.25) is 0 Å². The Morgan fingerprint density at radius 3 is 0.849 bits per heavy atom. The number of furan rings is 1. The van der Waals surface area contributed by atoms with Crippen LogP contribution in [0.25, 0.3) is 76.9 Å². The molecule has 0 fully saturated rings. The van der Waals surface area contributed by atoms with Crippen molar-refractivity contribution in [2.75, 3.05) is 0 Å². The maximum atomic E-state index is 15.0. The second kappa shape index (κ2) is 18.2. The summed E-state index contributed by atoms with van der Waals surface area (Å²) in [6.45, 7) is 0. The van der Waals surface area contributed by atoms with Crippen LogP contribution in [0.3, 0.4) is 0 Å². The van der Waals surface area contributed by atoms with Gasteiger partial charge < -0.3 is 22.7 Å². The fourth-order valence-electron chi connectivity index (χ4n) is 10.8. The van der Waals surface area contributed by atoms with Crippen molar-refractivity contribution in [3.8, 4) is 11.4 Å². The molecule has 3 heterocycles. The predicted molar refractivity (Wildman–Crippen MR) is 308 cm³/mol. The molecule has 14 rings (SSSR count). The summed E-state index contributed by atoms with van der Waals surface area (Å²) in [5.74, 6) is 0. The van der Waals surface area contributed by atoms with E-state index in [2.05, 4.69) is 130 Å². The Kier molecular flexibility index (Phi) is 11.0. The summed E-state index contributed by atoms with van der Waals surface area (Å²) in [5.41, 5.74) is 8.65. The summed E-state index contributed by atoms with van der Waals surface area (Å²) in [6.07, 6.45) is 0. The molecule has 3 aromatic heterocycles. The average molecular weight is 977 g/mol. The van der Waals surface area contributed by atoms with Crippen LogP contribution in [0.2, 0.25) is 0 Å². The highest BCUT2D eigenvalue weighted by atomic mass is 31.2. The Morgan fingerprint density at radius 2 is 0.534 bits per heavy atom. The Morgan fingerprint density at radius 1 is 0.247 bits per heavy atom. The van der Waals surface area contributed by atoms with Crippen LogP contribution in [0.15, 0.2) is 283 Å². The van der Waals surface area contributed by atoms with E-state index in [0.717, 1.165) is 42.6 Å². The number of hydrogen-bond acceptors (Lipinski definition) is 3. The topological polar surface area (TPSA) is 57.1 Å². The Bertz CT molecular complexity index is 3970. The average Bonchev–Trinajstić information content (AvgIpc) is 4.13. The van der Waals surface area contributed by atoms with Gasteiger partial charge in [0.05, 0.1) is 22.1 Å². The van der Waals surface area contributed by atoms with Crippen LogP contribution in [0.4, 0.5) is 0 Å². The van der Waals surface area contributed by atoms with Crippen LogP contribution >= 0.6 is 14.3 Å². The molecule has 0 radical (unpaired) electrons. The minimum atomic E-state index is -3.17. The fraction of sp³-hybridized carbons (Fsp3) is 0. The van der Waals surface area contributed by atoms with Crippen molar-refractivity contribution < 1.29 is 13.5 Å². The third kappa shape index (κ3) is 7.39. The molecule has 0 N–H and O–H groups in total. The lowest BCUT2D eigenvalue weighted by atomic mass is 10.1. The van der Waals surface area contributed by atoms with E-state index in [0.29, 0.717) is 11.2 Å². The van der Waals surface area contributed by atoms with Crippen molar-refractivity contribution in [1.82, 2.24) is 9.13 Å².